The summed E-state index contributed by atoms with van der Waals surface area (Å²) in [6.45, 7) is -1.66. The number of hydrogen-bond donors (Lipinski definition) is 1. The van der Waals surface area contributed by atoms with E-state index in [1.165, 1.54) is 18.3 Å². The smallest absolute Gasteiger partial charge is 0.354 e. The highest BCUT2D eigenvalue weighted by Gasteiger charge is 2.42. The molecular formula is C12H8ClF4N3O3. The summed E-state index contributed by atoms with van der Waals surface area (Å²) >= 11 is 5.86. The Labute approximate surface area is 131 Å². The zero-order chi connectivity index (χ0) is 17.2. The average molecular weight is 354 g/mol. The van der Waals surface area contributed by atoms with Crippen molar-refractivity contribution in [1.29, 1.82) is 0 Å². The molecule has 0 aliphatic heterocycles. The van der Waals surface area contributed by atoms with Gasteiger partial charge >= 0.3 is 18.3 Å². The van der Waals surface area contributed by atoms with Crippen molar-refractivity contribution in [2.45, 2.75) is 12.3 Å². The minimum Gasteiger partial charge on any atom is -0.477 e. The highest BCUT2D eigenvalue weighted by atomic mass is 35.5. The van der Waals surface area contributed by atoms with Crippen LogP contribution in [-0.4, -0.2) is 44.8 Å². The third kappa shape index (κ3) is 3.70. The van der Waals surface area contributed by atoms with Crippen LogP contribution < -0.4 is 4.74 Å². The minimum atomic E-state index is -4.39. The van der Waals surface area contributed by atoms with E-state index in [4.69, 9.17) is 16.7 Å². The summed E-state index contributed by atoms with van der Waals surface area (Å²) in [6.07, 6.45) is -2.62. The van der Waals surface area contributed by atoms with Crippen molar-refractivity contribution < 1.29 is 32.2 Å². The monoisotopic (exact) mass is 353 g/mol. The number of nitrogens with zero attached hydrogens (tertiary/aromatic N) is 3. The van der Waals surface area contributed by atoms with E-state index in [9.17, 15) is 22.4 Å². The number of alkyl halides is 4. The average Bonchev–Trinajstić information content (AvgIpc) is 2.90. The third-order valence-corrected chi connectivity index (χ3v) is 2.87. The molecule has 23 heavy (non-hydrogen) atoms. The molecular weight excluding hydrogens is 346 g/mol. The molecule has 0 radical (unpaired) electrons. The van der Waals surface area contributed by atoms with E-state index in [2.05, 4.69) is 14.8 Å². The molecule has 11 heteroatoms. The number of aromatic nitrogens is 3. The molecule has 0 saturated heterocycles. The van der Waals surface area contributed by atoms with Gasteiger partial charge in [0.15, 0.2) is 18.1 Å². The van der Waals surface area contributed by atoms with Crippen LogP contribution in [0.4, 0.5) is 17.6 Å². The maximum Gasteiger partial charge on any atom is 0.354 e. The number of carboxylic acids is 1. The summed E-state index contributed by atoms with van der Waals surface area (Å²) in [7, 11) is 0. The van der Waals surface area contributed by atoms with Gasteiger partial charge in [0.05, 0.1) is 5.02 Å². The molecule has 0 fully saturated rings. The Morgan fingerprint density at radius 2 is 2.17 bits per heavy atom. The lowest BCUT2D eigenvalue weighted by atomic mass is 10.4. The first-order valence-corrected chi connectivity index (χ1v) is 6.33. The Morgan fingerprint density at radius 3 is 2.74 bits per heavy atom. The molecule has 1 N–H and O–H groups in total. The molecule has 0 aromatic carbocycles. The Kier molecular flexibility index (Phi) is 4.73. The molecule has 0 aliphatic rings. The predicted octanol–water partition coefficient (Wildman–Crippen LogP) is 2.90. The molecule has 0 aliphatic carbocycles. The second kappa shape index (κ2) is 6.41. The number of aromatic carboxylic acids is 1. The number of carboxylic acid groups (broad SMARTS) is 1. The van der Waals surface area contributed by atoms with Gasteiger partial charge in [0.25, 0.3) is 0 Å². The molecule has 0 bridgehead atoms. The molecule has 6 nitrogen and oxygen atoms in total. The lowest BCUT2D eigenvalue weighted by molar-refractivity contribution is -0.148. The maximum atomic E-state index is 12.8. The summed E-state index contributed by atoms with van der Waals surface area (Å²) in [4.78, 5) is 15.0. The van der Waals surface area contributed by atoms with Gasteiger partial charge in [-0.25, -0.2) is 23.2 Å². The van der Waals surface area contributed by atoms with Gasteiger partial charge in [0.2, 0.25) is 5.88 Å². The van der Waals surface area contributed by atoms with Crippen molar-refractivity contribution in [3.05, 3.63) is 35.1 Å². The Balaban J connectivity index is 2.33. The van der Waals surface area contributed by atoms with Crippen LogP contribution in [0.1, 0.15) is 10.5 Å². The van der Waals surface area contributed by atoms with Crippen LogP contribution in [0.3, 0.4) is 0 Å². The largest absolute Gasteiger partial charge is 0.477 e. The maximum absolute atomic E-state index is 12.8. The molecule has 2 aromatic heterocycles. The first-order chi connectivity index (χ1) is 10.7. The first-order valence-electron chi connectivity index (χ1n) is 5.95. The van der Waals surface area contributed by atoms with E-state index in [0.717, 1.165) is 10.7 Å². The SMILES string of the molecule is O=C(O)c1cc(OCC(F)(F)C(F)F)nn1-c1ncccc1Cl. The molecule has 0 saturated carbocycles. The van der Waals surface area contributed by atoms with Crippen LogP contribution in [0.5, 0.6) is 5.88 Å². The van der Waals surface area contributed by atoms with E-state index < -0.39 is 36.5 Å². The lowest BCUT2D eigenvalue weighted by Gasteiger charge is -2.14. The fourth-order valence-corrected chi connectivity index (χ4v) is 1.71. The van der Waals surface area contributed by atoms with Gasteiger partial charge in [0.1, 0.15) is 0 Å². The van der Waals surface area contributed by atoms with E-state index in [1.807, 2.05) is 0 Å². The van der Waals surface area contributed by atoms with E-state index in [0.29, 0.717) is 0 Å². The van der Waals surface area contributed by atoms with Crippen LogP contribution in [-0.2, 0) is 0 Å². The first kappa shape index (κ1) is 17.0. The quantitative estimate of drug-likeness (QED) is 0.808. The fourth-order valence-electron chi connectivity index (χ4n) is 1.51. The van der Waals surface area contributed by atoms with Gasteiger partial charge in [-0.2, -0.15) is 8.78 Å². The van der Waals surface area contributed by atoms with Crippen LogP contribution >= 0.6 is 11.6 Å². The highest BCUT2D eigenvalue weighted by molar-refractivity contribution is 6.32. The zero-order valence-corrected chi connectivity index (χ0v) is 11.8. The fraction of sp³-hybridized carbons (Fsp3) is 0.250. The van der Waals surface area contributed by atoms with Crippen molar-refractivity contribution in [1.82, 2.24) is 14.8 Å². The van der Waals surface area contributed by atoms with Gasteiger partial charge in [0, 0.05) is 12.3 Å². The van der Waals surface area contributed by atoms with Gasteiger partial charge in [-0.05, 0) is 12.1 Å². The number of pyridine rings is 1. The van der Waals surface area contributed by atoms with E-state index in [-0.39, 0.29) is 10.8 Å². The van der Waals surface area contributed by atoms with Crippen LogP contribution in [0.15, 0.2) is 24.4 Å². The summed E-state index contributed by atoms with van der Waals surface area (Å²) in [5.74, 6) is -6.52. The molecule has 0 unspecified atom stereocenters. The van der Waals surface area contributed by atoms with Crippen LogP contribution in [0.2, 0.25) is 5.02 Å². The third-order valence-electron chi connectivity index (χ3n) is 2.58. The normalized spacial score (nSPS) is 11.7. The minimum absolute atomic E-state index is 0.0440. The molecule has 2 rings (SSSR count). The lowest BCUT2D eigenvalue weighted by Crippen LogP contribution is -2.33. The molecule has 0 atom stereocenters. The summed E-state index contributed by atoms with van der Waals surface area (Å²) in [6, 6.07) is 3.69. The topological polar surface area (TPSA) is 77.2 Å². The zero-order valence-electron chi connectivity index (χ0n) is 11.1. The van der Waals surface area contributed by atoms with Gasteiger partial charge < -0.3 is 9.84 Å². The van der Waals surface area contributed by atoms with Crippen molar-refractivity contribution in [3.8, 4) is 11.7 Å². The van der Waals surface area contributed by atoms with Gasteiger partial charge in [-0.1, -0.05) is 11.6 Å². The van der Waals surface area contributed by atoms with Crippen molar-refractivity contribution >= 4 is 17.6 Å². The number of ether oxygens (including phenoxy) is 1. The summed E-state index contributed by atoms with van der Waals surface area (Å²) in [5.41, 5.74) is -0.485. The van der Waals surface area contributed by atoms with Crippen LogP contribution in [0, 0.1) is 0 Å². The second-order valence-electron chi connectivity index (χ2n) is 4.24. The second-order valence-corrected chi connectivity index (χ2v) is 4.65. The summed E-state index contributed by atoms with van der Waals surface area (Å²) in [5, 5.41) is 12.7. The Morgan fingerprint density at radius 1 is 1.48 bits per heavy atom. The van der Waals surface area contributed by atoms with E-state index >= 15 is 0 Å². The molecule has 0 spiro atoms. The van der Waals surface area contributed by atoms with Crippen molar-refractivity contribution in [3.63, 3.8) is 0 Å². The highest BCUT2D eigenvalue weighted by Crippen LogP contribution is 2.26. The Bertz CT molecular complexity index is 723. The van der Waals surface area contributed by atoms with Gasteiger partial charge in [-0.3, -0.25) is 0 Å². The molecule has 2 aromatic rings. The van der Waals surface area contributed by atoms with E-state index in [1.54, 1.807) is 0 Å². The molecule has 2 heterocycles. The number of halogens is 5. The van der Waals surface area contributed by atoms with Crippen molar-refractivity contribution in [2.75, 3.05) is 6.61 Å². The van der Waals surface area contributed by atoms with Crippen LogP contribution in [0.25, 0.3) is 5.82 Å². The standard InChI is InChI=1S/C12H8ClF4N3O3/c13-6-2-1-3-18-9(6)20-7(10(21)22)4-8(19-20)23-5-12(16,17)11(14)15/h1-4,11H,5H2,(H,21,22). The molecule has 0 amide bonds. The number of hydrogen-bond acceptors (Lipinski definition) is 4. The van der Waals surface area contributed by atoms with Crippen molar-refractivity contribution in [2.24, 2.45) is 0 Å². The predicted molar refractivity (Wildman–Crippen MR) is 69.8 cm³/mol. The number of rotatable bonds is 6. The Hall–Kier alpha value is -2.36. The van der Waals surface area contributed by atoms with Gasteiger partial charge in [-0.15, -0.1) is 5.10 Å². The summed E-state index contributed by atoms with van der Waals surface area (Å²) < 4.78 is 55.0. The molecule has 124 valence electrons. The number of carbonyl (C=O) groups is 1.